The third kappa shape index (κ3) is 1.22. The lowest BCUT2D eigenvalue weighted by molar-refractivity contribution is 1.20. The van der Waals surface area contributed by atoms with Crippen molar-refractivity contribution in [3.05, 3.63) is 22.6 Å². The van der Waals surface area contributed by atoms with Crippen LogP contribution in [0.25, 0.3) is 11.0 Å². The molecule has 1 aromatic carbocycles. The first-order valence-electron chi connectivity index (χ1n) is 4.46. The van der Waals surface area contributed by atoms with E-state index in [9.17, 15) is 4.79 Å². The number of nitrogens with one attached hydrogen (secondary N) is 3. The van der Waals surface area contributed by atoms with E-state index in [-0.39, 0.29) is 5.69 Å². The maximum absolute atomic E-state index is 11.1. The van der Waals surface area contributed by atoms with E-state index in [2.05, 4.69) is 15.3 Å². The van der Waals surface area contributed by atoms with Gasteiger partial charge in [-0.15, -0.1) is 0 Å². The van der Waals surface area contributed by atoms with Gasteiger partial charge in [0, 0.05) is 6.54 Å². The summed E-state index contributed by atoms with van der Waals surface area (Å²) in [5, 5.41) is 3.15. The molecule has 0 aliphatic rings. The van der Waals surface area contributed by atoms with Crippen LogP contribution in [0.5, 0.6) is 0 Å². The van der Waals surface area contributed by atoms with Crippen molar-refractivity contribution in [2.24, 2.45) is 0 Å². The van der Waals surface area contributed by atoms with Crippen LogP contribution >= 0.6 is 0 Å². The minimum atomic E-state index is -0.239. The van der Waals surface area contributed by atoms with Gasteiger partial charge in [0.2, 0.25) is 0 Å². The molecule has 2 rings (SSSR count). The van der Waals surface area contributed by atoms with Crippen LogP contribution < -0.4 is 16.7 Å². The van der Waals surface area contributed by atoms with Crippen molar-refractivity contribution >= 4 is 22.4 Å². The standard InChI is InChI=1S/C9H12N4O/c1-2-11-6-4-3-5(10)7-8(6)13-9(14)12-7/h3-4,11H,2,10H2,1H3,(H2,12,13,14). The average Bonchev–Trinajstić information content (AvgIpc) is 2.53. The fourth-order valence-corrected chi connectivity index (χ4v) is 1.48. The molecular weight excluding hydrogens is 180 g/mol. The van der Waals surface area contributed by atoms with Crippen LogP contribution in [0.2, 0.25) is 0 Å². The van der Waals surface area contributed by atoms with E-state index in [0.717, 1.165) is 17.7 Å². The number of benzene rings is 1. The van der Waals surface area contributed by atoms with Gasteiger partial charge < -0.3 is 21.0 Å². The molecule has 5 N–H and O–H groups in total. The van der Waals surface area contributed by atoms with Crippen LogP contribution in [0.4, 0.5) is 11.4 Å². The molecule has 0 amide bonds. The SMILES string of the molecule is CCNc1ccc(N)c2[nH]c(=O)[nH]c12. The molecule has 0 spiro atoms. The number of aromatic amines is 2. The van der Waals surface area contributed by atoms with Crippen LogP contribution in [0.15, 0.2) is 16.9 Å². The molecule has 0 saturated heterocycles. The van der Waals surface area contributed by atoms with Crippen molar-refractivity contribution in [3.8, 4) is 0 Å². The van der Waals surface area contributed by atoms with Crippen LogP contribution in [-0.2, 0) is 0 Å². The van der Waals surface area contributed by atoms with E-state index in [0.29, 0.717) is 11.2 Å². The van der Waals surface area contributed by atoms with Crippen LogP contribution in [-0.4, -0.2) is 16.5 Å². The summed E-state index contributed by atoms with van der Waals surface area (Å²) < 4.78 is 0. The van der Waals surface area contributed by atoms with Gasteiger partial charge in [0.15, 0.2) is 0 Å². The van der Waals surface area contributed by atoms with Gasteiger partial charge in [0.1, 0.15) is 0 Å². The molecule has 1 aromatic heterocycles. The second-order valence-electron chi connectivity index (χ2n) is 3.06. The second-order valence-corrected chi connectivity index (χ2v) is 3.06. The van der Waals surface area contributed by atoms with Gasteiger partial charge in [0.25, 0.3) is 0 Å². The lowest BCUT2D eigenvalue weighted by atomic mass is 10.2. The molecular formula is C9H12N4O. The predicted octanol–water partition coefficient (Wildman–Crippen LogP) is 0.870. The summed E-state index contributed by atoms with van der Waals surface area (Å²) in [5.41, 5.74) is 8.33. The Balaban J connectivity index is 2.74. The fourth-order valence-electron chi connectivity index (χ4n) is 1.48. The van der Waals surface area contributed by atoms with Crippen LogP contribution in [0, 0.1) is 0 Å². The molecule has 74 valence electrons. The Kier molecular flexibility index (Phi) is 1.92. The number of imidazole rings is 1. The molecule has 0 aliphatic carbocycles. The number of hydrogen-bond acceptors (Lipinski definition) is 3. The van der Waals surface area contributed by atoms with Crippen molar-refractivity contribution in [3.63, 3.8) is 0 Å². The van der Waals surface area contributed by atoms with Crippen molar-refractivity contribution in [2.75, 3.05) is 17.6 Å². The van der Waals surface area contributed by atoms with E-state index in [1.807, 2.05) is 13.0 Å². The van der Waals surface area contributed by atoms with Crippen LogP contribution in [0.1, 0.15) is 6.92 Å². The Morgan fingerprint density at radius 3 is 2.79 bits per heavy atom. The summed E-state index contributed by atoms with van der Waals surface area (Å²) in [5.74, 6) is 0. The summed E-state index contributed by atoms with van der Waals surface area (Å²) in [6, 6.07) is 3.62. The number of aromatic nitrogens is 2. The molecule has 0 radical (unpaired) electrons. The number of nitrogen functional groups attached to an aromatic ring is 1. The van der Waals surface area contributed by atoms with Gasteiger partial charge in [-0.2, -0.15) is 0 Å². The van der Waals surface area contributed by atoms with E-state index in [1.54, 1.807) is 6.07 Å². The summed E-state index contributed by atoms with van der Waals surface area (Å²) >= 11 is 0. The molecule has 0 atom stereocenters. The predicted molar refractivity (Wildman–Crippen MR) is 57.5 cm³/mol. The average molecular weight is 192 g/mol. The number of rotatable bonds is 2. The summed E-state index contributed by atoms with van der Waals surface area (Å²) in [4.78, 5) is 16.5. The van der Waals surface area contributed by atoms with Gasteiger partial charge in [-0.25, -0.2) is 4.79 Å². The van der Waals surface area contributed by atoms with Gasteiger partial charge >= 0.3 is 5.69 Å². The Labute approximate surface area is 80.3 Å². The number of hydrogen-bond donors (Lipinski definition) is 4. The number of fused-ring (bicyclic) bond motifs is 1. The molecule has 5 nitrogen and oxygen atoms in total. The Bertz CT molecular complexity index is 511. The molecule has 0 fully saturated rings. The number of nitrogens with two attached hydrogens (primary N) is 1. The minimum Gasteiger partial charge on any atom is -0.397 e. The quantitative estimate of drug-likeness (QED) is 0.532. The first-order valence-corrected chi connectivity index (χ1v) is 4.46. The van der Waals surface area contributed by atoms with Crippen molar-refractivity contribution in [2.45, 2.75) is 6.92 Å². The largest absolute Gasteiger partial charge is 0.397 e. The molecule has 0 aliphatic heterocycles. The second kappa shape index (κ2) is 3.10. The number of H-pyrrole nitrogens is 2. The van der Waals surface area contributed by atoms with Gasteiger partial charge in [-0.1, -0.05) is 0 Å². The smallest absolute Gasteiger partial charge is 0.323 e. The molecule has 2 aromatic rings. The normalized spacial score (nSPS) is 10.6. The van der Waals surface area contributed by atoms with Crippen molar-refractivity contribution in [1.82, 2.24) is 9.97 Å². The summed E-state index contributed by atoms with van der Waals surface area (Å²) in [6.07, 6.45) is 0. The lowest BCUT2D eigenvalue weighted by Crippen LogP contribution is -2.00. The van der Waals surface area contributed by atoms with Crippen LogP contribution in [0.3, 0.4) is 0 Å². The zero-order valence-electron chi connectivity index (χ0n) is 7.85. The third-order valence-electron chi connectivity index (χ3n) is 2.08. The highest BCUT2D eigenvalue weighted by atomic mass is 16.1. The van der Waals surface area contributed by atoms with Gasteiger partial charge in [-0.05, 0) is 19.1 Å². The Morgan fingerprint density at radius 1 is 1.36 bits per heavy atom. The van der Waals surface area contributed by atoms with E-state index < -0.39 is 0 Å². The highest BCUT2D eigenvalue weighted by molar-refractivity contribution is 5.95. The first kappa shape index (κ1) is 8.68. The van der Waals surface area contributed by atoms with Crippen molar-refractivity contribution < 1.29 is 0 Å². The van der Waals surface area contributed by atoms with Crippen molar-refractivity contribution in [1.29, 1.82) is 0 Å². The van der Waals surface area contributed by atoms with E-state index in [4.69, 9.17) is 5.73 Å². The zero-order valence-corrected chi connectivity index (χ0v) is 7.85. The van der Waals surface area contributed by atoms with E-state index >= 15 is 0 Å². The Morgan fingerprint density at radius 2 is 2.07 bits per heavy atom. The highest BCUT2D eigenvalue weighted by Gasteiger charge is 2.06. The first-order chi connectivity index (χ1) is 6.72. The summed E-state index contributed by atoms with van der Waals surface area (Å²) in [7, 11) is 0. The minimum absolute atomic E-state index is 0.239. The molecule has 1 heterocycles. The van der Waals surface area contributed by atoms with E-state index in [1.165, 1.54) is 0 Å². The zero-order chi connectivity index (χ0) is 10.1. The maximum Gasteiger partial charge on any atom is 0.323 e. The fraction of sp³-hybridized carbons (Fsp3) is 0.222. The lowest BCUT2D eigenvalue weighted by Gasteiger charge is -2.04. The van der Waals surface area contributed by atoms with Gasteiger partial charge in [-0.3, -0.25) is 0 Å². The summed E-state index contributed by atoms with van der Waals surface area (Å²) in [6.45, 7) is 2.79. The molecule has 14 heavy (non-hydrogen) atoms. The van der Waals surface area contributed by atoms with Gasteiger partial charge in [0.05, 0.1) is 22.4 Å². The molecule has 0 unspecified atom stereocenters. The maximum atomic E-state index is 11.1. The Hall–Kier alpha value is -1.91. The monoisotopic (exact) mass is 192 g/mol. The topological polar surface area (TPSA) is 86.7 Å². The molecule has 5 heteroatoms. The third-order valence-corrected chi connectivity index (χ3v) is 2.08. The molecule has 0 saturated carbocycles. The number of anilines is 2. The molecule has 0 bridgehead atoms. The highest BCUT2D eigenvalue weighted by Crippen LogP contribution is 2.23.